The number of amides is 1. The van der Waals surface area contributed by atoms with E-state index in [9.17, 15) is 4.79 Å². The van der Waals surface area contributed by atoms with Gasteiger partial charge >= 0.3 is 6.09 Å². The number of carbonyl (C=O) groups is 1. The summed E-state index contributed by atoms with van der Waals surface area (Å²) < 4.78 is 6.84. The minimum atomic E-state index is -0.511. The highest BCUT2D eigenvalue weighted by Crippen LogP contribution is 2.32. The molecule has 0 saturated heterocycles. The van der Waals surface area contributed by atoms with Crippen molar-refractivity contribution in [2.45, 2.75) is 46.1 Å². The molecule has 3 rings (SSSR count). The summed E-state index contributed by atoms with van der Waals surface area (Å²) in [4.78, 5) is 21.6. The first-order valence-corrected chi connectivity index (χ1v) is 10.7. The van der Waals surface area contributed by atoms with Gasteiger partial charge in [-0.3, -0.25) is 4.90 Å². The van der Waals surface area contributed by atoms with Crippen molar-refractivity contribution in [3.05, 3.63) is 34.8 Å². The minimum Gasteiger partial charge on any atom is -0.443 e. The van der Waals surface area contributed by atoms with Crippen LogP contribution >= 0.6 is 11.3 Å². The molecular weight excluding hydrogens is 370 g/mol. The third kappa shape index (κ3) is 5.11. The number of carbonyl (C=O) groups excluding carboxylic acids is 1. The summed E-state index contributed by atoms with van der Waals surface area (Å²) in [7, 11) is 4.15. The van der Waals surface area contributed by atoms with Crippen molar-refractivity contribution in [1.29, 1.82) is 0 Å². The van der Waals surface area contributed by atoms with Gasteiger partial charge in [0.1, 0.15) is 5.60 Å². The van der Waals surface area contributed by atoms with E-state index in [2.05, 4.69) is 50.2 Å². The molecule has 0 bridgehead atoms. The molecule has 0 spiro atoms. The lowest BCUT2D eigenvalue weighted by molar-refractivity contribution is 0.0327. The first-order chi connectivity index (χ1) is 13.1. The summed E-state index contributed by atoms with van der Waals surface area (Å²) in [6, 6.07) is 6.31. The lowest BCUT2D eigenvalue weighted by Crippen LogP contribution is -2.39. The maximum atomic E-state index is 12.8. The Labute approximate surface area is 172 Å². The van der Waals surface area contributed by atoms with Gasteiger partial charge in [0.05, 0.1) is 20.9 Å². The average Bonchev–Trinajstić information content (AvgIpc) is 3.00. The second-order valence-corrected chi connectivity index (χ2v) is 9.98. The van der Waals surface area contributed by atoms with E-state index in [1.165, 1.54) is 4.70 Å². The number of hydrogen-bond donors (Lipinski definition) is 0. The van der Waals surface area contributed by atoms with E-state index in [0.717, 1.165) is 41.2 Å². The van der Waals surface area contributed by atoms with Gasteiger partial charge in [0.15, 0.2) is 0 Å². The predicted molar refractivity (Wildman–Crippen MR) is 117 cm³/mol. The van der Waals surface area contributed by atoms with E-state index in [0.29, 0.717) is 12.5 Å². The van der Waals surface area contributed by atoms with Gasteiger partial charge in [0, 0.05) is 25.1 Å². The molecule has 28 heavy (non-hydrogen) atoms. The van der Waals surface area contributed by atoms with Crippen LogP contribution < -0.4 is 0 Å². The van der Waals surface area contributed by atoms with Gasteiger partial charge in [-0.05, 0) is 59.3 Å². The fraction of sp³-hybridized carbons (Fsp3) is 0.545. The van der Waals surface area contributed by atoms with Crippen LogP contribution in [0.4, 0.5) is 4.79 Å². The topological polar surface area (TPSA) is 45.7 Å². The van der Waals surface area contributed by atoms with Crippen LogP contribution in [-0.4, -0.2) is 53.7 Å². The minimum absolute atomic E-state index is 0.282. The summed E-state index contributed by atoms with van der Waals surface area (Å²) in [6.45, 7) is 9.52. The van der Waals surface area contributed by atoms with Crippen LogP contribution in [0.2, 0.25) is 0 Å². The van der Waals surface area contributed by atoms with Gasteiger partial charge in [0.25, 0.3) is 0 Å². The molecule has 1 aromatic heterocycles. The Balaban J connectivity index is 1.88. The number of likely N-dealkylation sites (N-methyl/N-ethyl adjacent to an activating group) is 1. The highest BCUT2D eigenvalue weighted by molar-refractivity contribution is 7.18. The number of ether oxygens (including phenoxy) is 1. The van der Waals surface area contributed by atoms with Crippen molar-refractivity contribution in [2.75, 3.05) is 27.2 Å². The Bertz CT molecular complexity index is 880. The van der Waals surface area contributed by atoms with Crippen LogP contribution in [0, 0.1) is 5.92 Å². The number of allylic oxidation sites excluding steroid dienone is 1. The molecule has 0 unspecified atom stereocenters. The van der Waals surface area contributed by atoms with Crippen LogP contribution in [-0.2, 0) is 11.2 Å². The number of hydrogen-bond acceptors (Lipinski definition) is 5. The number of nitrogens with zero attached hydrogens (tertiary/aromatic N) is 3. The van der Waals surface area contributed by atoms with E-state index in [1.54, 1.807) is 16.2 Å². The van der Waals surface area contributed by atoms with Crippen molar-refractivity contribution in [2.24, 2.45) is 5.92 Å². The van der Waals surface area contributed by atoms with Gasteiger partial charge in [0.2, 0.25) is 0 Å². The zero-order valence-corrected chi connectivity index (χ0v) is 18.6. The normalized spacial score (nSPS) is 17.9. The molecule has 0 N–H and O–H groups in total. The van der Waals surface area contributed by atoms with Gasteiger partial charge in [-0.25, -0.2) is 9.78 Å². The first-order valence-electron chi connectivity index (χ1n) is 9.87. The van der Waals surface area contributed by atoms with Gasteiger partial charge in [-0.2, -0.15) is 0 Å². The van der Waals surface area contributed by atoms with Crippen molar-refractivity contribution in [1.82, 2.24) is 14.8 Å². The van der Waals surface area contributed by atoms with E-state index < -0.39 is 5.60 Å². The lowest BCUT2D eigenvalue weighted by Gasteiger charge is -2.33. The molecule has 1 aromatic carbocycles. The largest absolute Gasteiger partial charge is 0.443 e. The predicted octanol–water partition coefficient (Wildman–Crippen LogP) is 5.02. The Morgan fingerprint density at radius 3 is 2.79 bits per heavy atom. The third-order valence-corrected chi connectivity index (χ3v) is 5.71. The van der Waals surface area contributed by atoms with Crippen LogP contribution in [0.25, 0.3) is 15.9 Å². The zero-order chi connectivity index (χ0) is 20.5. The number of fused-ring (bicyclic) bond motifs is 1. The van der Waals surface area contributed by atoms with Gasteiger partial charge < -0.3 is 9.64 Å². The van der Waals surface area contributed by atoms with Crippen molar-refractivity contribution >= 4 is 33.3 Å². The average molecular weight is 402 g/mol. The second-order valence-electron chi connectivity index (χ2n) is 8.86. The third-order valence-electron chi connectivity index (χ3n) is 4.61. The molecule has 0 radical (unpaired) electrons. The Morgan fingerprint density at radius 2 is 2.11 bits per heavy atom. The molecule has 6 heteroatoms. The molecule has 1 aliphatic rings. The van der Waals surface area contributed by atoms with Crippen LogP contribution in [0.15, 0.2) is 24.3 Å². The standard InChI is InChI=1S/C22H31N3O2S/c1-15-7-9-18(25(14-15)21(26)27-22(2,3)4)16-8-10-19-17(13-16)23-20(28-19)11-12-24(5)6/h8-10,13,15H,7,11-12,14H2,1-6H3/t15-/m0/s1. The van der Waals surface area contributed by atoms with Crippen LogP contribution in [0.1, 0.15) is 44.7 Å². The fourth-order valence-corrected chi connectivity index (χ4v) is 4.17. The molecule has 1 atom stereocenters. The Hall–Kier alpha value is -1.92. The number of rotatable bonds is 4. The Kier molecular flexibility index (Phi) is 6.10. The van der Waals surface area contributed by atoms with Gasteiger partial charge in [-0.1, -0.05) is 19.1 Å². The number of benzene rings is 1. The molecule has 152 valence electrons. The quantitative estimate of drug-likeness (QED) is 0.722. The van der Waals surface area contributed by atoms with E-state index in [4.69, 9.17) is 9.72 Å². The molecule has 0 aliphatic carbocycles. The van der Waals surface area contributed by atoms with E-state index in [-0.39, 0.29) is 6.09 Å². The Morgan fingerprint density at radius 1 is 1.36 bits per heavy atom. The molecule has 5 nitrogen and oxygen atoms in total. The first kappa shape index (κ1) is 20.8. The molecular formula is C22H31N3O2S. The molecule has 1 aliphatic heterocycles. The number of thiazole rings is 1. The monoisotopic (exact) mass is 401 g/mol. The van der Waals surface area contributed by atoms with E-state index >= 15 is 0 Å². The molecule has 0 fully saturated rings. The smallest absolute Gasteiger partial charge is 0.414 e. The van der Waals surface area contributed by atoms with E-state index in [1.807, 2.05) is 20.8 Å². The van der Waals surface area contributed by atoms with Crippen LogP contribution in [0.3, 0.4) is 0 Å². The summed E-state index contributed by atoms with van der Waals surface area (Å²) in [6.07, 6.45) is 3.78. The number of aromatic nitrogens is 1. The fourth-order valence-electron chi connectivity index (χ4n) is 3.23. The van der Waals surface area contributed by atoms with Gasteiger partial charge in [-0.15, -0.1) is 11.3 Å². The maximum Gasteiger partial charge on any atom is 0.414 e. The van der Waals surface area contributed by atoms with Crippen molar-refractivity contribution in [3.63, 3.8) is 0 Å². The van der Waals surface area contributed by atoms with Crippen molar-refractivity contribution in [3.8, 4) is 0 Å². The highest BCUT2D eigenvalue weighted by atomic mass is 32.1. The summed E-state index contributed by atoms with van der Waals surface area (Å²) in [5.41, 5.74) is 2.44. The summed E-state index contributed by atoms with van der Waals surface area (Å²) in [5.74, 6) is 0.414. The molecule has 0 saturated carbocycles. The zero-order valence-electron chi connectivity index (χ0n) is 17.8. The summed E-state index contributed by atoms with van der Waals surface area (Å²) >= 11 is 1.75. The molecule has 1 amide bonds. The second kappa shape index (κ2) is 8.21. The van der Waals surface area contributed by atoms with Crippen molar-refractivity contribution < 1.29 is 9.53 Å². The highest BCUT2D eigenvalue weighted by Gasteiger charge is 2.29. The molecule has 2 heterocycles. The lowest BCUT2D eigenvalue weighted by atomic mass is 9.98. The van der Waals surface area contributed by atoms with Crippen LogP contribution in [0.5, 0.6) is 0 Å². The summed E-state index contributed by atoms with van der Waals surface area (Å²) in [5, 5.41) is 1.15. The SMILES string of the molecule is C[C@H]1CC=C(c2ccc3sc(CCN(C)C)nc3c2)N(C(=O)OC(C)(C)C)C1. The maximum absolute atomic E-state index is 12.8. The molecule has 2 aromatic rings.